The summed E-state index contributed by atoms with van der Waals surface area (Å²) in [5.74, 6) is -2.30. The molecule has 166 valence electrons. The molecule has 4 rings (SSSR count). The third-order valence-corrected chi connectivity index (χ3v) is 9.72. The van der Waals surface area contributed by atoms with Crippen LogP contribution in [0, 0.1) is 28.6 Å². The van der Waals surface area contributed by atoms with Crippen LogP contribution in [-0.4, -0.2) is 49.9 Å². The third kappa shape index (κ3) is 2.46. The fraction of sp³-hybridized carbons (Fsp3) is 0.727. The Labute approximate surface area is 184 Å². The summed E-state index contributed by atoms with van der Waals surface area (Å²) in [4.78, 5) is 24.7. The number of carbonyl (C=O) groups is 2. The summed E-state index contributed by atoms with van der Waals surface area (Å²) in [6, 6.07) is 0. The number of ketones is 1. The average molecular weight is 461 g/mol. The third-order valence-electron chi connectivity index (χ3n) is 8.71. The van der Waals surface area contributed by atoms with Gasteiger partial charge in [-0.25, -0.2) is 8.78 Å². The van der Waals surface area contributed by atoms with E-state index in [4.69, 9.17) is 11.6 Å². The van der Waals surface area contributed by atoms with E-state index in [1.165, 1.54) is 19.1 Å². The van der Waals surface area contributed by atoms with E-state index in [1.54, 1.807) is 13.8 Å². The zero-order chi connectivity index (χ0) is 22.3. The van der Waals surface area contributed by atoms with Gasteiger partial charge < -0.3 is 10.2 Å². The van der Waals surface area contributed by atoms with Crippen molar-refractivity contribution in [2.24, 2.45) is 28.6 Å². The molecule has 3 saturated carbocycles. The van der Waals surface area contributed by atoms with E-state index in [2.05, 4.69) is 0 Å². The maximum atomic E-state index is 17.0. The van der Waals surface area contributed by atoms with Crippen LogP contribution in [0.1, 0.15) is 40.0 Å². The number of rotatable bonds is 2. The highest BCUT2D eigenvalue weighted by Gasteiger charge is 2.76. The molecule has 2 N–H and O–H groups in total. The number of fused-ring (bicyclic) bond motifs is 5. The highest BCUT2D eigenvalue weighted by atomic mass is 35.5. The van der Waals surface area contributed by atoms with Gasteiger partial charge in [-0.1, -0.05) is 31.7 Å². The van der Waals surface area contributed by atoms with Crippen molar-refractivity contribution in [3.05, 3.63) is 23.8 Å². The second kappa shape index (κ2) is 6.87. The predicted molar refractivity (Wildman–Crippen MR) is 111 cm³/mol. The van der Waals surface area contributed by atoms with Crippen LogP contribution in [0.15, 0.2) is 23.8 Å². The van der Waals surface area contributed by atoms with E-state index >= 15 is 8.78 Å². The molecule has 0 heterocycles. The Hall–Kier alpha value is -0.760. The first kappa shape index (κ1) is 22.4. The molecule has 0 saturated heterocycles. The van der Waals surface area contributed by atoms with E-state index in [1.807, 2.05) is 0 Å². The summed E-state index contributed by atoms with van der Waals surface area (Å²) in [5.41, 5.74) is -6.53. The Morgan fingerprint density at radius 3 is 2.63 bits per heavy atom. The molecular formula is C22H27ClF2O4S. The lowest BCUT2D eigenvalue weighted by Crippen LogP contribution is -2.70. The molecule has 3 fully saturated rings. The summed E-state index contributed by atoms with van der Waals surface area (Å²) in [7, 11) is 0. The second-order valence-corrected chi connectivity index (χ2v) is 11.3. The maximum absolute atomic E-state index is 17.0. The highest BCUT2D eigenvalue weighted by molar-refractivity contribution is 8.14. The fourth-order valence-electron chi connectivity index (χ4n) is 7.13. The van der Waals surface area contributed by atoms with Crippen molar-refractivity contribution in [1.29, 1.82) is 0 Å². The Balaban J connectivity index is 1.84. The minimum absolute atomic E-state index is 0.0226. The van der Waals surface area contributed by atoms with Crippen LogP contribution >= 0.6 is 23.4 Å². The number of alkyl halides is 3. The van der Waals surface area contributed by atoms with Crippen molar-refractivity contribution in [3.63, 3.8) is 0 Å². The molecule has 30 heavy (non-hydrogen) atoms. The Bertz CT molecular complexity index is 864. The minimum Gasteiger partial charge on any atom is -0.390 e. The van der Waals surface area contributed by atoms with Gasteiger partial charge in [-0.05, 0) is 55.7 Å². The predicted octanol–water partition coefficient (Wildman–Crippen LogP) is 3.74. The lowest BCUT2D eigenvalue weighted by molar-refractivity contribution is -0.221. The molecule has 0 bridgehead atoms. The number of halogens is 3. The lowest BCUT2D eigenvalue weighted by Gasteiger charge is -2.63. The summed E-state index contributed by atoms with van der Waals surface area (Å²) in [6.07, 6.45) is 0.699. The van der Waals surface area contributed by atoms with Gasteiger partial charge in [0.15, 0.2) is 11.5 Å². The standard InChI is InChI=1S/C22H27ClF2O4S/c1-11-6-13-14-8-16(24)15-7-12(26)4-5-19(15,2)21(14,25)17(27)9-20(13,3)22(11,29)18(28)30-10-23/h4-5,7,11,13-14,16-17,27,29H,6,8-10H2,1-3H3. The Kier molecular flexibility index (Phi) is 5.14. The summed E-state index contributed by atoms with van der Waals surface area (Å²) >= 11 is 6.53. The molecule has 0 amide bonds. The van der Waals surface area contributed by atoms with Gasteiger partial charge in [0.1, 0.15) is 11.8 Å². The Morgan fingerprint density at radius 2 is 2.00 bits per heavy atom. The molecule has 8 heteroatoms. The van der Waals surface area contributed by atoms with Crippen molar-refractivity contribution >= 4 is 34.3 Å². The van der Waals surface area contributed by atoms with Gasteiger partial charge in [-0.15, -0.1) is 11.6 Å². The summed E-state index contributed by atoms with van der Waals surface area (Å²) in [6.45, 7) is 4.98. The molecule has 4 nitrogen and oxygen atoms in total. The van der Waals surface area contributed by atoms with Crippen LogP contribution in [-0.2, 0) is 9.59 Å². The number of thioether (sulfide) groups is 1. The van der Waals surface area contributed by atoms with E-state index in [0.717, 1.165) is 17.8 Å². The maximum Gasteiger partial charge on any atom is 0.222 e. The van der Waals surface area contributed by atoms with Gasteiger partial charge in [-0.3, -0.25) is 9.59 Å². The number of aliphatic hydroxyl groups excluding tert-OH is 1. The summed E-state index contributed by atoms with van der Waals surface area (Å²) < 4.78 is 32.3. The smallest absolute Gasteiger partial charge is 0.222 e. The molecular weight excluding hydrogens is 434 g/mol. The molecule has 4 aliphatic rings. The number of hydrogen-bond acceptors (Lipinski definition) is 5. The largest absolute Gasteiger partial charge is 0.390 e. The first-order chi connectivity index (χ1) is 13.9. The summed E-state index contributed by atoms with van der Waals surface area (Å²) in [5, 5.41) is 22.2. The van der Waals surface area contributed by atoms with Crippen LogP contribution in [0.3, 0.4) is 0 Å². The zero-order valence-electron chi connectivity index (χ0n) is 17.2. The minimum atomic E-state index is -2.21. The van der Waals surface area contributed by atoms with Gasteiger partial charge in [0.25, 0.3) is 0 Å². The molecule has 0 aliphatic heterocycles. The zero-order valence-corrected chi connectivity index (χ0v) is 18.8. The van der Waals surface area contributed by atoms with Crippen LogP contribution in [0.2, 0.25) is 0 Å². The molecule has 0 aromatic carbocycles. The van der Waals surface area contributed by atoms with Crippen molar-refractivity contribution in [2.75, 3.05) is 5.21 Å². The van der Waals surface area contributed by atoms with Gasteiger partial charge >= 0.3 is 0 Å². The van der Waals surface area contributed by atoms with E-state index in [0.29, 0.717) is 6.42 Å². The Morgan fingerprint density at radius 1 is 1.33 bits per heavy atom. The van der Waals surface area contributed by atoms with Crippen molar-refractivity contribution in [3.8, 4) is 0 Å². The van der Waals surface area contributed by atoms with Crippen molar-refractivity contribution in [1.82, 2.24) is 0 Å². The number of allylic oxidation sites excluding steroid dienone is 4. The quantitative estimate of drug-likeness (QED) is 0.614. The van der Waals surface area contributed by atoms with Crippen LogP contribution < -0.4 is 0 Å². The first-order valence-electron chi connectivity index (χ1n) is 10.3. The van der Waals surface area contributed by atoms with E-state index < -0.39 is 63.0 Å². The van der Waals surface area contributed by atoms with Gasteiger partial charge in [0.05, 0.1) is 11.3 Å². The second-order valence-electron chi connectivity index (χ2n) is 9.80. The molecule has 9 unspecified atom stereocenters. The van der Waals surface area contributed by atoms with Crippen LogP contribution in [0.25, 0.3) is 0 Å². The van der Waals surface area contributed by atoms with Crippen molar-refractivity contribution in [2.45, 2.75) is 63.6 Å². The number of hydrogen-bond donors (Lipinski definition) is 2. The topological polar surface area (TPSA) is 74.6 Å². The first-order valence-corrected chi connectivity index (χ1v) is 11.8. The SMILES string of the molecule is CC1CC2C3CC(F)C4=CC(=O)C=CC4(C)C3(F)C(O)CC2(C)C1(O)C(=O)SCCl. The normalized spacial score (nSPS) is 52.3. The molecule has 4 aliphatic carbocycles. The van der Waals surface area contributed by atoms with Gasteiger partial charge in [-0.2, -0.15) is 0 Å². The molecule has 0 radical (unpaired) electrons. The van der Waals surface area contributed by atoms with Crippen molar-refractivity contribution < 1.29 is 28.6 Å². The highest BCUT2D eigenvalue weighted by Crippen LogP contribution is 2.71. The monoisotopic (exact) mass is 460 g/mol. The molecule has 0 spiro atoms. The fourth-order valence-corrected chi connectivity index (χ4v) is 8.19. The number of aliphatic hydroxyl groups is 2. The van der Waals surface area contributed by atoms with E-state index in [-0.39, 0.29) is 23.6 Å². The average Bonchev–Trinajstić information content (AvgIpc) is 2.88. The molecule has 0 aromatic rings. The molecule has 0 aromatic heterocycles. The molecule has 9 atom stereocenters. The van der Waals surface area contributed by atoms with Crippen LogP contribution in [0.4, 0.5) is 8.78 Å². The lowest BCUT2D eigenvalue weighted by atomic mass is 9.44. The number of carbonyl (C=O) groups excluding carboxylic acids is 2. The van der Waals surface area contributed by atoms with Crippen LogP contribution in [0.5, 0.6) is 0 Å². The van der Waals surface area contributed by atoms with Gasteiger partial charge in [0.2, 0.25) is 5.12 Å². The van der Waals surface area contributed by atoms with E-state index in [9.17, 15) is 19.8 Å². The van der Waals surface area contributed by atoms with Gasteiger partial charge in [0, 0.05) is 16.7 Å².